The van der Waals surface area contributed by atoms with Gasteiger partial charge in [-0.1, -0.05) is 49.4 Å². The number of esters is 1. The van der Waals surface area contributed by atoms with Gasteiger partial charge in [-0.05, 0) is 36.6 Å². The van der Waals surface area contributed by atoms with Crippen LogP contribution in [0.25, 0.3) is 11.0 Å². The van der Waals surface area contributed by atoms with Crippen molar-refractivity contribution in [1.82, 2.24) is 9.97 Å². The zero-order valence-corrected chi connectivity index (χ0v) is 17.7. The Labute approximate surface area is 184 Å². The Morgan fingerprint density at radius 1 is 1.25 bits per heavy atom. The predicted molar refractivity (Wildman–Crippen MR) is 108 cm³/mol. The van der Waals surface area contributed by atoms with Gasteiger partial charge < -0.3 is 9.72 Å². The number of rotatable bonds is 7. The monoisotopic (exact) mass is 480 g/mol. The van der Waals surface area contributed by atoms with Crippen LogP contribution in [0.2, 0.25) is 5.02 Å². The van der Waals surface area contributed by atoms with Crippen molar-refractivity contribution in [2.45, 2.75) is 38.7 Å². The zero-order valence-electron chi connectivity index (χ0n) is 16.9. The summed E-state index contributed by atoms with van der Waals surface area (Å²) in [5.41, 5.74) is 0.116. The number of carbonyl (C=O) groups excluding carboxylic acids is 1. The van der Waals surface area contributed by atoms with Crippen LogP contribution in [-0.2, 0) is 9.53 Å². The minimum absolute atomic E-state index is 0.0337. The predicted octanol–water partition coefficient (Wildman–Crippen LogP) is 6.93. The largest absolute Gasteiger partial charge is 0.444 e. The number of nitrogens with zero attached hydrogens (tertiary/aromatic N) is 1. The first-order valence-corrected chi connectivity index (χ1v) is 9.66. The maximum absolute atomic E-state index is 13.7. The number of aromatic nitrogens is 2. The molecule has 1 aromatic heterocycles. The number of alkyl halides is 6. The van der Waals surface area contributed by atoms with Gasteiger partial charge in [0, 0.05) is 5.02 Å². The molecule has 0 bridgehead atoms. The van der Waals surface area contributed by atoms with Gasteiger partial charge in [-0.25, -0.2) is 4.98 Å². The van der Waals surface area contributed by atoms with Crippen LogP contribution in [0.15, 0.2) is 48.6 Å². The lowest BCUT2D eigenvalue weighted by Gasteiger charge is -2.24. The molecule has 1 N–H and O–H groups in total. The summed E-state index contributed by atoms with van der Waals surface area (Å²) in [5, 5.41) is 0.232. The molecular formula is C21H19ClF6N2O2. The van der Waals surface area contributed by atoms with Gasteiger partial charge >= 0.3 is 18.3 Å². The number of ether oxygens (including phenoxy) is 1. The molecule has 174 valence electrons. The van der Waals surface area contributed by atoms with E-state index in [2.05, 4.69) is 21.3 Å². The molecule has 0 radical (unpaired) electrons. The third-order valence-electron chi connectivity index (χ3n) is 4.31. The Hall–Kier alpha value is -2.75. The van der Waals surface area contributed by atoms with Crippen molar-refractivity contribution in [3.8, 4) is 0 Å². The van der Waals surface area contributed by atoms with Gasteiger partial charge in [0.1, 0.15) is 0 Å². The molecule has 0 aliphatic heterocycles. The molecule has 1 heterocycles. The van der Waals surface area contributed by atoms with E-state index in [0.29, 0.717) is 12.0 Å². The fourth-order valence-electron chi connectivity index (χ4n) is 2.84. The highest BCUT2D eigenvalue weighted by Crippen LogP contribution is 2.40. The van der Waals surface area contributed by atoms with Crippen LogP contribution in [0.4, 0.5) is 26.3 Å². The maximum atomic E-state index is 13.7. The number of hydrogen-bond donors (Lipinski definition) is 1. The summed E-state index contributed by atoms with van der Waals surface area (Å²) >= 11 is 5.94. The normalized spacial score (nSPS) is 15.2. The molecule has 4 nitrogen and oxygen atoms in total. The van der Waals surface area contributed by atoms with Crippen LogP contribution in [0.5, 0.6) is 0 Å². The first-order chi connectivity index (χ1) is 14.8. The Balaban J connectivity index is 2.51. The average Bonchev–Trinajstić information content (AvgIpc) is 3.04. The maximum Gasteiger partial charge on any atom is 0.432 e. The number of aromatic amines is 1. The Morgan fingerprint density at radius 3 is 2.44 bits per heavy atom. The molecule has 32 heavy (non-hydrogen) atoms. The molecule has 1 aromatic carbocycles. The molecule has 2 rings (SSSR count). The van der Waals surface area contributed by atoms with Gasteiger partial charge in [-0.3, -0.25) is 4.79 Å². The van der Waals surface area contributed by atoms with Gasteiger partial charge in [0.05, 0.1) is 11.0 Å². The van der Waals surface area contributed by atoms with E-state index >= 15 is 0 Å². The third kappa shape index (κ3) is 5.93. The minimum atomic E-state index is -5.24. The summed E-state index contributed by atoms with van der Waals surface area (Å²) in [7, 11) is 0. The standard InChI is InChI=1S/C21H19ClF6N2O2/c1-4-6-8-12(7-5-2)16(20(23,24)25)19(31)32-17(21(26,27)28)18-29-14-9-11(3)13(22)10-15(14)30-18/h5-10,16-17H,2,4H2,1,3H3,(H,29,30)/b8-6-,12-7+. The smallest absolute Gasteiger partial charge is 0.432 e. The van der Waals surface area contributed by atoms with Crippen molar-refractivity contribution in [2.75, 3.05) is 0 Å². The van der Waals surface area contributed by atoms with Gasteiger partial charge in [0.15, 0.2) is 11.7 Å². The minimum Gasteiger partial charge on any atom is -0.444 e. The Bertz CT molecular complexity index is 1010. The fourth-order valence-corrected chi connectivity index (χ4v) is 3.00. The lowest BCUT2D eigenvalue weighted by Crippen LogP contribution is -2.37. The van der Waals surface area contributed by atoms with Gasteiger partial charge in [0.25, 0.3) is 6.10 Å². The van der Waals surface area contributed by atoms with Crippen LogP contribution < -0.4 is 0 Å². The summed E-state index contributed by atoms with van der Waals surface area (Å²) in [4.78, 5) is 18.5. The summed E-state index contributed by atoms with van der Waals surface area (Å²) < 4.78 is 86.3. The van der Waals surface area contributed by atoms with Crippen LogP contribution in [-0.4, -0.2) is 28.3 Å². The molecule has 0 aliphatic rings. The van der Waals surface area contributed by atoms with Crippen molar-refractivity contribution in [3.63, 3.8) is 0 Å². The van der Waals surface area contributed by atoms with E-state index in [1.807, 2.05) is 0 Å². The number of halogens is 7. The topological polar surface area (TPSA) is 55.0 Å². The van der Waals surface area contributed by atoms with Crippen molar-refractivity contribution in [2.24, 2.45) is 5.92 Å². The molecule has 0 saturated heterocycles. The lowest BCUT2D eigenvalue weighted by atomic mass is 9.97. The van der Waals surface area contributed by atoms with Crippen molar-refractivity contribution in [3.05, 3.63) is 65.0 Å². The number of fused-ring (bicyclic) bond motifs is 1. The van der Waals surface area contributed by atoms with E-state index in [1.54, 1.807) is 13.8 Å². The number of benzene rings is 1. The van der Waals surface area contributed by atoms with E-state index in [1.165, 1.54) is 18.2 Å². The average molecular weight is 481 g/mol. The SMILES string of the molecule is C=C/C=C(\C=C/CC)C(C(=O)OC(c1nc2cc(Cl)c(C)cc2[nH]1)C(F)(F)F)C(F)(F)F. The molecule has 0 amide bonds. The molecule has 2 atom stereocenters. The molecule has 11 heteroatoms. The van der Waals surface area contributed by atoms with Crippen LogP contribution in [0, 0.1) is 12.8 Å². The van der Waals surface area contributed by atoms with E-state index in [0.717, 1.165) is 18.2 Å². The molecule has 0 saturated carbocycles. The molecule has 2 unspecified atom stereocenters. The molecule has 0 fully saturated rings. The number of aryl methyl sites for hydroxylation is 1. The number of imidazole rings is 1. The number of hydrogen-bond acceptors (Lipinski definition) is 3. The second-order valence-electron chi connectivity index (χ2n) is 6.79. The van der Waals surface area contributed by atoms with E-state index in [-0.39, 0.29) is 16.1 Å². The van der Waals surface area contributed by atoms with E-state index in [4.69, 9.17) is 11.6 Å². The van der Waals surface area contributed by atoms with Gasteiger partial charge in [-0.15, -0.1) is 0 Å². The summed E-state index contributed by atoms with van der Waals surface area (Å²) in [6.07, 6.45) is -8.96. The first kappa shape index (κ1) is 25.5. The van der Waals surface area contributed by atoms with Crippen molar-refractivity contribution >= 4 is 28.6 Å². The number of nitrogens with one attached hydrogen (secondary N) is 1. The summed E-state index contributed by atoms with van der Waals surface area (Å²) in [6.45, 7) is 6.53. The third-order valence-corrected chi connectivity index (χ3v) is 4.72. The quantitative estimate of drug-likeness (QED) is 0.265. The van der Waals surface area contributed by atoms with Crippen LogP contribution in [0.1, 0.15) is 30.8 Å². The molecule has 0 spiro atoms. The summed E-state index contributed by atoms with van der Waals surface area (Å²) in [6, 6.07) is 2.71. The van der Waals surface area contributed by atoms with Crippen molar-refractivity contribution < 1.29 is 35.9 Å². The molecule has 2 aromatic rings. The first-order valence-electron chi connectivity index (χ1n) is 9.28. The highest BCUT2D eigenvalue weighted by molar-refractivity contribution is 6.32. The Morgan fingerprint density at radius 2 is 1.91 bits per heavy atom. The van der Waals surface area contributed by atoms with Crippen LogP contribution >= 0.6 is 11.6 Å². The number of H-pyrrole nitrogens is 1. The van der Waals surface area contributed by atoms with Gasteiger partial charge in [0.2, 0.25) is 0 Å². The molecule has 0 aliphatic carbocycles. The summed E-state index contributed by atoms with van der Waals surface area (Å²) in [5.74, 6) is -5.95. The highest BCUT2D eigenvalue weighted by atomic mass is 35.5. The Kier molecular flexibility index (Phi) is 7.82. The van der Waals surface area contributed by atoms with Crippen molar-refractivity contribution in [1.29, 1.82) is 0 Å². The molecular weight excluding hydrogens is 462 g/mol. The number of allylic oxidation sites excluding steroid dienone is 4. The van der Waals surface area contributed by atoms with Crippen LogP contribution in [0.3, 0.4) is 0 Å². The second-order valence-corrected chi connectivity index (χ2v) is 7.19. The second kappa shape index (κ2) is 9.81. The van der Waals surface area contributed by atoms with E-state index < -0.39 is 41.7 Å². The fraction of sp³-hybridized carbons (Fsp3) is 0.333. The van der Waals surface area contributed by atoms with E-state index in [9.17, 15) is 31.1 Å². The zero-order chi connectivity index (χ0) is 24.3. The highest BCUT2D eigenvalue weighted by Gasteiger charge is 2.52. The number of carbonyl (C=O) groups is 1. The van der Waals surface area contributed by atoms with Gasteiger partial charge in [-0.2, -0.15) is 26.3 Å². The lowest BCUT2D eigenvalue weighted by molar-refractivity contribution is -0.238.